The molecule has 0 bridgehead atoms. The van der Waals surface area contributed by atoms with Gasteiger partial charge in [0.25, 0.3) is 0 Å². The molecule has 0 radical (unpaired) electrons. The predicted molar refractivity (Wildman–Crippen MR) is 135 cm³/mol. The fourth-order valence-electron chi connectivity index (χ4n) is 3.76. The number of aromatic nitrogens is 2. The summed E-state index contributed by atoms with van der Waals surface area (Å²) < 4.78 is 8.17. The van der Waals surface area contributed by atoms with Crippen LogP contribution < -0.4 is 10.1 Å². The van der Waals surface area contributed by atoms with Crippen molar-refractivity contribution in [2.75, 3.05) is 19.6 Å². The number of aliphatic imine (C=N–C) groups is 1. The number of rotatable bonds is 6. The molecule has 0 spiro atoms. The topological polar surface area (TPSA) is 54.7 Å². The lowest BCUT2D eigenvalue weighted by atomic mass is 10.1. The summed E-state index contributed by atoms with van der Waals surface area (Å²) in [6, 6.07) is 18.4. The van der Waals surface area contributed by atoms with Gasteiger partial charge < -0.3 is 19.5 Å². The second kappa shape index (κ2) is 11.7. The Labute approximate surface area is 201 Å². The van der Waals surface area contributed by atoms with E-state index >= 15 is 0 Å². The molecule has 31 heavy (non-hydrogen) atoms. The lowest BCUT2D eigenvalue weighted by molar-refractivity contribution is 0.129. The van der Waals surface area contributed by atoms with Crippen molar-refractivity contribution in [3.8, 4) is 11.4 Å². The summed E-state index contributed by atoms with van der Waals surface area (Å²) in [5, 5.41) is 3.46. The van der Waals surface area contributed by atoms with E-state index < -0.39 is 0 Å². The molecule has 4 rings (SSSR count). The SMILES string of the molecule is CCNC(=NCc1ccccc1-n1ccnc1)N1CCC(Oc2ccccc2)CC1.I. The summed E-state index contributed by atoms with van der Waals surface area (Å²) in [6.07, 6.45) is 7.83. The molecule has 0 aliphatic carbocycles. The quantitative estimate of drug-likeness (QED) is 0.289. The van der Waals surface area contributed by atoms with Gasteiger partial charge >= 0.3 is 0 Å². The number of nitrogens with one attached hydrogen (secondary N) is 1. The summed E-state index contributed by atoms with van der Waals surface area (Å²) in [6.45, 7) is 5.46. The first kappa shape index (κ1) is 23.1. The van der Waals surface area contributed by atoms with Gasteiger partial charge in [-0.15, -0.1) is 24.0 Å². The molecule has 1 aliphatic heterocycles. The molecule has 6 nitrogen and oxygen atoms in total. The number of piperidine rings is 1. The second-order valence-electron chi connectivity index (χ2n) is 7.39. The smallest absolute Gasteiger partial charge is 0.194 e. The van der Waals surface area contributed by atoms with Crippen LogP contribution in [0, 0.1) is 0 Å². The molecular formula is C24H30IN5O. The van der Waals surface area contributed by atoms with Gasteiger partial charge in [0.05, 0.1) is 18.6 Å². The molecule has 7 heteroatoms. The van der Waals surface area contributed by atoms with E-state index in [-0.39, 0.29) is 30.1 Å². The Balaban J connectivity index is 0.00000272. The highest BCUT2D eigenvalue weighted by atomic mass is 127. The van der Waals surface area contributed by atoms with Crippen LogP contribution in [0.4, 0.5) is 0 Å². The highest BCUT2D eigenvalue weighted by Crippen LogP contribution is 2.19. The first-order chi connectivity index (χ1) is 14.8. The zero-order chi connectivity index (χ0) is 20.6. The number of guanidine groups is 1. The fourth-order valence-corrected chi connectivity index (χ4v) is 3.76. The fraction of sp³-hybridized carbons (Fsp3) is 0.333. The van der Waals surface area contributed by atoms with Gasteiger partial charge in [-0.05, 0) is 30.7 Å². The monoisotopic (exact) mass is 531 g/mol. The Morgan fingerprint density at radius 1 is 1.10 bits per heavy atom. The number of imidazole rings is 1. The summed E-state index contributed by atoms with van der Waals surface area (Å²) >= 11 is 0. The Bertz CT molecular complexity index is 938. The molecule has 1 saturated heterocycles. The summed E-state index contributed by atoms with van der Waals surface area (Å²) in [5.41, 5.74) is 2.29. The minimum atomic E-state index is 0. The summed E-state index contributed by atoms with van der Waals surface area (Å²) in [7, 11) is 0. The molecule has 1 aromatic heterocycles. The number of hydrogen-bond donors (Lipinski definition) is 1. The minimum absolute atomic E-state index is 0. The van der Waals surface area contributed by atoms with E-state index in [1.54, 1.807) is 6.20 Å². The lowest BCUT2D eigenvalue weighted by Crippen LogP contribution is -2.47. The van der Waals surface area contributed by atoms with Gasteiger partial charge in [0.1, 0.15) is 11.9 Å². The number of para-hydroxylation sites is 2. The second-order valence-corrected chi connectivity index (χ2v) is 7.39. The van der Waals surface area contributed by atoms with Crippen molar-refractivity contribution in [1.29, 1.82) is 0 Å². The van der Waals surface area contributed by atoms with E-state index in [2.05, 4.69) is 40.3 Å². The number of hydrogen-bond acceptors (Lipinski definition) is 3. The molecule has 0 unspecified atom stereocenters. The number of nitrogens with zero attached hydrogens (tertiary/aromatic N) is 4. The molecule has 0 atom stereocenters. The number of likely N-dealkylation sites (tertiary alicyclic amines) is 1. The van der Waals surface area contributed by atoms with Crippen LogP contribution >= 0.6 is 24.0 Å². The van der Waals surface area contributed by atoms with Gasteiger partial charge in [0, 0.05) is 44.9 Å². The number of benzene rings is 2. The Morgan fingerprint density at radius 2 is 1.84 bits per heavy atom. The van der Waals surface area contributed by atoms with Gasteiger partial charge in [-0.25, -0.2) is 9.98 Å². The van der Waals surface area contributed by atoms with Crippen LogP contribution in [0.15, 0.2) is 78.3 Å². The molecule has 1 fully saturated rings. The molecular weight excluding hydrogens is 501 g/mol. The maximum absolute atomic E-state index is 6.13. The number of halogens is 1. The Morgan fingerprint density at radius 3 is 2.55 bits per heavy atom. The van der Waals surface area contributed by atoms with Crippen molar-refractivity contribution in [3.63, 3.8) is 0 Å². The van der Waals surface area contributed by atoms with Crippen molar-refractivity contribution < 1.29 is 4.74 Å². The van der Waals surface area contributed by atoms with Gasteiger partial charge in [-0.3, -0.25) is 0 Å². The third kappa shape index (κ3) is 6.22. The Kier molecular flexibility index (Phi) is 8.75. The van der Waals surface area contributed by atoms with Crippen molar-refractivity contribution in [3.05, 3.63) is 78.9 Å². The third-order valence-corrected chi connectivity index (χ3v) is 5.30. The molecule has 0 amide bonds. The van der Waals surface area contributed by atoms with Crippen molar-refractivity contribution >= 4 is 29.9 Å². The van der Waals surface area contributed by atoms with E-state index in [9.17, 15) is 0 Å². The van der Waals surface area contributed by atoms with Crippen LogP contribution in [-0.4, -0.2) is 46.1 Å². The van der Waals surface area contributed by atoms with Gasteiger partial charge in [0.15, 0.2) is 5.96 Å². The molecule has 1 N–H and O–H groups in total. The zero-order valence-electron chi connectivity index (χ0n) is 17.9. The van der Waals surface area contributed by atoms with Gasteiger partial charge in [0.2, 0.25) is 0 Å². The van der Waals surface area contributed by atoms with E-state index in [0.717, 1.165) is 49.9 Å². The molecule has 1 aliphatic rings. The first-order valence-corrected chi connectivity index (χ1v) is 10.6. The van der Waals surface area contributed by atoms with Crippen molar-refractivity contribution in [2.45, 2.75) is 32.4 Å². The zero-order valence-corrected chi connectivity index (χ0v) is 20.2. The first-order valence-electron chi connectivity index (χ1n) is 10.6. The lowest BCUT2D eigenvalue weighted by Gasteiger charge is -2.34. The highest BCUT2D eigenvalue weighted by Gasteiger charge is 2.22. The van der Waals surface area contributed by atoms with Gasteiger partial charge in [-0.1, -0.05) is 36.4 Å². The average molecular weight is 531 g/mol. The van der Waals surface area contributed by atoms with Crippen LogP contribution in [-0.2, 0) is 6.54 Å². The maximum Gasteiger partial charge on any atom is 0.194 e. The molecule has 164 valence electrons. The largest absolute Gasteiger partial charge is 0.490 e. The maximum atomic E-state index is 6.13. The van der Waals surface area contributed by atoms with E-state index in [4.69, 9.17) is 9.73 Å². The van der Waals surface area contributed by atoms with Crippen LogP contribution in [0.5, 0.6) is 5.75 Å². The summed E-state index contributed by atoms with van der Waals surface area (Å²) in [4.78, 5) is 11.5. The minimum Gasteiger partial charge on any atom is -0.490 e. The van der Waals surface area contributed by atoms with E-state index in [1.807, 2.05) is 53.5 Å². The van der Waals surface area contributed by atoms with Crippen LogP contribution in [0.1, 0.15) is 25.3 Å². The van der Waals surface area contributed by atoms with Crippen molar-refractivity contribution in [1.82, 2.24) is 19.8 Å². The molecule has 0 saturated carbocycles. The standard InChI is InChI=1S/C24H29N5O.HI/c1-2-26-24(27-18-20-8-6-7-11-23(20)29-17-14-25-19-29)28-15-12-22(13-16-28)30-21-9-4-3-5-10-21;/h3-11,14,17,19,22H,2,12-13,15-16,18H2,1H3,(H,26,27);1H. The third-order valence-electron chi connectivity index (χ3n) is 5.30. The van der Waals surface area contributed by atoms with Crippen molar-refractivity contribution in [2.24, 2.45) is 4.99 Å². The van der Waals surface area contributed by atoms with Crippen LogP contribution in [0.3, 0.4) is 0 Å². The average Bonchev–Trinajstić information content (AvgIpc) is 3.33. The predicted octanol–water partition coefficient (Wildman–Crippen LogP) is 4.50. The molecule has 3 aromatic rings. The summed E-state index contributed by atoms with van der Waals surface area (Å²) in [5.74, 6) is 1.92. The number of ether oxygens (including phenoxy) is 1. The van der Waals surface area contributed by atoms with E-state index in [1.165, 1.54) is 5.56 Å². The van der Waals surface area contributed by atoms with Gasteiger partial charge in [-0.2, -0.15) is 0 Å². The normalized spacial score (nSPS) is 14.7. The van der Waals surface area contributed by atoms with Crippen LogP contribution in [0.25, 0.3) is 5.69 Å². The molecule has 2 aromatic carbocycles. The Hall–Kier alpha value is -2.55. The van der Waals surface area contributed by atoms with E-state index in [0.29, 0.717) is 6.54 Å². The van der Waals surface area contributed by atoms with Crippen LogP contribution in [0.2, 0.25) is 0 Å². The molecule has 2 heterocycles. The highest BCUT2D eigenvalue weighted by molar-refractivity contribution is 14.0.